The fourth-order valence-corrected chi connectivity index (χ4v) is 2.87. The molecule has 0 bridgehead atoms. The number of hydrogen-bond donors (Lipinski definition) is 3. The molecule has 0 spiro atoms. The van der Waals surface area contributed by atoms with Crippen molar-refractivity contribution >= 4 is 22.9 Å². The van der Waals surface area contributed by atoms with Crippen LogP contribution in [0, 0.1) is 0 Å². The second-order valence-electron chi connectivity index (χ2n) is 4.26. The summed E-state index contributed by atoms with van der Waals surface area (Å²) in [6.45, 7) is 0. The second kappa shape index (κ2) is 5.05. The van der Waals surface area contributed by atoms with Gasteiger partial charge in [0.05, 0.1) is 12.1 Å². The maximum absolute atomic E-state index is 11.8. The first-order valence-corrected chi connectivity index (χ1v) is 6.57. The van der Waals surface area contributed by atoms with E-state index < -0.39 is 12.1 Å². The van der Waals surface area contributed by atoms with Crippen LogP contribution in [0.2, 0.25) is 0 Å². The molecule has 1 heterocycles. The zero-order chi connectivity index (χ0) is 11.5. The van der Waals surface area contributed by atoms with Gasteiger partial charge in [-0.05, 0) is 12.8 Å². The first-order chi connectivity index (χ1) is 7.66. The fourth-order valence-electron chi connectivity index (χ4n) is 2.09. The molecule has 2 rings (SSSR count). The zero-order valence-corrected chi connectivity index (χ0v) is 9.76. The van der Waals surface area contributed by atoms with Gasteiger partial charge in [-0.3, -0.25) is 9.59 Å². The average Bonchev–Trinajstić information content (AvgIpc) is 2.68. The minimum Gasteiger partial charge on any atom is -0.391 e. The van der Waals surface area contributed by atoms with Crippen LogP contribution in [-0.4, -0.2) is 40.2 Å². The van der Waals surface area contributed by atoms with Crippen LogP contribution in [0.15, 0.2) is 0 Å². The highest BCUT2D eigenvalue weighted by Crippen LogP contribution is 2.19. The molecule has 0 aromatic heterocycles. The van der Waals surface area contributed by atoms with Gasteiger partial charge in [0.2, 0.25) is 5.91 Å². The van der Waals surface area contributed by atoms with Crippen molar-refractivity contribution in [1.82, 2.24) is 10.6 Å². The number of carbonyl (C=O) groups excluding carboxylic acids is 2. The van der Waals surface area contributed by atoms with Gasteiger partial charge in [-0.25, -0.2) is 0 Å². The highest BCUT2D eigenvalue weighted by molar-refractivity contribution is 8.14. The summed E-state index contributed by atoms with van der Waals surface area (Å²) in [5.41, 5.74) is 0. The zero-order valence-electron chi connectivity index (χ0n) is 8.94. The quantitative estimate of drug-likeness (QED) is 0.650. The third kappa shape index (κ3) is 2.68. The van der Waals surface area contributed by atoms with Crippen LogP contribution in [0.5, 0.6) is 0 Å². The van der Waals surface area contributed by atoms with E-state index in [-0.39, 0.29) is 17.2 Å². The van der Waals surface area contributed by atoms with Gasteiger partial charge >= 0.3 is 0 Å². The van der Waals surface area contributed by atoms with Crippen molar-refractivity contribution in [3.63, 3.8) is 0 Å². The Labute approximate surface area is 98.4 Å². The molecule has 1 saturated carbocycles. The van der Waals surface area contributed by atoms with Gasteiger partial charge < -0.3 is 15.7 Å². The van der Waals surface area contributed by atoms with Gasteiger partial charge in [0.1, 0.15) is 6.04 Å². The molecule has 16 heavy (non-hydrogen) atoms. The van der Waals surface area contributed by atoms with E-state index in [2.05, 4.69) is 10.6 Å². The summed E-state index contributed by atoms with van der Waals surface area (Å²) in [4.78, 5) is 22.7. The summed E-state index contributed by atoms with van der Waals surface area (Å²) >= 11 is 1.12. The highest BCUT2D eigenvalue weighted by atomic mass is 32.2. The van der Waals surface area contributed by atoms with Crippen LogP contribution in [0.3, 0.4) is 0 Å². The highest BCUT2D eigenvalue weighted by Gasteiger charge is 2.31. The molecule has 5 nitrogen and oxygen atoms in total. The molecule has 3 N–H and O–H groups in total. The predicted octanol–water partition coefficient (Wildman–Crippen LogP) is 0.231. The Morgan fingerprint density at radius 1 is 1.44 bits per heavy atom. The second-order valence-corrected chi connectivity index (χ2v) is 5.26. The van der Waals surface area contributed by atoms with Gasteiger partial charge in [-0.15, -0.1) is 0 Å². The molecule has 1 saturated heterocycles. The van der Waals surface area contributed by atoms with Gasteiger partial charge in [-0.1, -0.05) is 24.6 Å². The number of hydrogen-bond acceptors (Lipinski definition) is 4. The maximum Gasteiger partial charge on any atom is 0.279 e. The Balaban J connectivity index is 1.84. The lowest BCUT2D eigenvalue weighted by Crippen LogP contribution is -2.51. The molecule has 1 aliphatic heterocycles. The lowest BCUT2D eigenvalue weighted by molar-refractivity contribution is -0.124. The number of amides is 2. The fraction of sp³-hybridized carbons (Fsp3) is 0.800. The van der Waals surface area contributed by atoms with Crippen LogP contribution in [0.25, 0.3) is 0 Å². The molecule has 2 aliphatic rings. The van der Waals surface area contributed by atoms with E-state index in [1.165, 1.54) is 0 Å². The maximum atomic E-state index is 11.8. The summed E-state index contributed by atoms with van der Waals surface area (Å²) in [6.07, 6.45) is 3.18. The first kappa shape index (κ1) is 11.7. The Bertz CT molecular complexity index is 298. The van der Waals surface area contributed by atoms with E-state index in [1.54, 1.807) is 0 Å². The number of aliphatic hydroxyl groups is 1. The van der Waals surface area contributed by atoms with Crippen LogP contribution in [0.4, 0.5) is 4.79 Å². The SMILES string of the molecule is O=C1NC(C(=O)NC2CCCCC2O)CS1. The van der Waals surface area contributed by atoms with Crippen LogP contribution < -0.4 is 10.6 Å². The molecule has 3 unspecified atom stereocenters. The topological polar surface area (TPSA) is 78.4 Å². The molecule has 3 atom stereocenters. The summed E-state index contributed by atoms with van der Waals surface area (Å²) in [5, 5.41) is 15.0. The normalized spacial score (nSPS) is 34.6. The van der Waals surface area contributed by atoms with E-state index >= 15 is 0 Å². The molecular weight excluding hydrogens is 228 g/mol. The molecule has 0 aromatic carbocycles. The van der Waals surface area contributed by atoms with E-state index in [9.17, 15) is 14.7 Å². The molecule has 0 radical (unpaired) electrons. The standard InChI is InChI=1S/C10H16N2O3S/c13-8-4-2-1-3-6(8)11-9(14)7-5-16-10(15)12-7/h6-8,13H,1-5H2,(H,11,14)(H,12,15). The van der Waals surface area contributed by atoms with Gasteiger partial charge in [0.25, 0.3) is 5.24 Å². The summed E-state index contributed by atoms with van der Waals surface area (Å²) < 4.78 is 0. The van der Waals surface area contributed by atoms with Crippen molar-refractivity contribution in [2.45, 2.75) is 43.9 Å². The molecule has 2 fully saturated rings. The largest absolute Gasteiger partial charge is 0.391 e. The monoisotopic (exact) mass is 244 g/mol. The molecule has 6 heteroatoms. The number of aliphatic hydroxyl groups excluding tert-OH is 1. The van der Waals surface area contributed by atoms with Crippen LogP contribution >= 0.6 is 11.8 Å². The van der Waals surface area contributed by atoms with Crippen molar-refractivity contribution < 1.29 is 14.7 Å². The summed E-state index contributed by atoms with van der Waals surface area (Å²) in [5.74, 6) is 0.303. The lowest BCUT2D eigenvalue weighted by atomic mass is 9.92. The number of nitrogens with one attached hydrogen (secondary N) is 2. The van der Waals surface area contributed by atoms with Gasteiger partial charge in [0, 0.05) is 5.75 Å². The summed E-state index contributed by atoms with van der Waals surface area (Å²) in [7, 11) is 0. The van der Waals surface area contributed by atoms with Gasteiger partial charge in [-0.2, -0.15) is 0 Å². The predicted molar refractivity (Wildman–Crippen MR) is 61.2 cm³/mol. The van der Waals surface area contributed by atoms with Crippen molar-refractivity contribution in [2.75, 3.05) is 5.75 Å². The molecule has 90 valence electrons. The van der Waals surface area contributed by atoms with Crippen molar-refractivity contribution in [3.8, 4) is 0 Å². The van der Waals surface area contributed by atoms with E-state index in [0.29, 0.717) is 5.75 Å². The van der Waals surface area contributed by atoms with Crippen molar-refractivity contribution in [1.29, 1.82) is 0 Å². The minimum atomic E-state index is -0.442. The van der Waals surface area contributed by atoms with Gasteiger partial charge in [0.15, 0.2) is 0 Å². The van der Waals surface area contributed by atoms with E-state index in [0.717, 1.165) is 37.4 Å². The third-order valence-electron chi connectivity index (χ3n) is 3.05. The average molecular weight is 244 g/mol. The Morgan fingerprint density at radius 3 is 2.81 bits per heavy atom. The first-order valence-electron chi connectivity index (χ1n) is 5.58. The third-order valence-corrected chi connectivity index (χ3v) is 3.93. The van der Waals surface area contributed by atoms with E-state index in [4.69, 9.17) is 0 Å². The van der Waals surface area contributed by atoms with Crippen molar-refractivity contribution in [2.24, 2.45) is 0 Å². The van der Waals surface area contributed by atoms with Crippen molar-refractivity contribution in [3.05, 3.63) is 0 Å². The smallest absolute Gasteiger partial charge is 0.279 e. The molecular formula is C10H16N2O3S. The number of rotatable bonds is 2. The Hall–Kier alpha value is -0.750. The lowest BCUT2D eigenvalue weighted by Gasteiger charge is -2.29. The Morgan fingerprint density at radius 2 is 2.19 bits per heavy atom. The van der Waals surface area contributed by atoms with Crippen LogP contribution in [-0.2, 0) is 4.79 Å². The molecule has 2 amide bonds. The van der Waals surface area contributed by atoms with E-state index in [1.807, 2.05) is 0 Å². The molecule has 0 aromatic rings. The minimum absolute atomic E-state index is 0.149. The van der Waals surface area contributed by atoms with Crippen LogP contribution in [0.1, 0.15) is 25.7 Å². The number of carbonyl (C=O) groups is 2. The molecule has 1 aliphatic carbocycles. The Kier molecular flexibility index (Phi) is 3.70. The number of thioether (sulfide) groups is 1. The summed E-state index contributed by atoms with van der Waals surface area (Å²) in [6, 6.07) is -0.588.